The Balaban J connectivity index is 2.01. The Hall–Kier alpha value is -2.90. The highest BCUT2D eigenvalue weighted by Gasteiger charge is 2.35. The molecule has 1 saturated heterocycles. The lowest BCUT2D eigenvalue weighted by Crippen LogP contribution is -2.54. The van der Waals surface area contributed by atoms with Crippen molar-refractivity contribution in [2.75, 3.05) is 18.6 Å². The third-order valence-electron chi connectivity index (χ3n) is 3.99. The zero-order chi connectivity index (χ0) is 20.3. The first kappa shape index (κ1) is 19.9. The highest BCUT2D eigenvalue weighted by molar-refractivity contribution is 7.80. The van der Waals surface area contributed by atoms with Crippen LogP contribution in [0.1, 0.15) is 12.5 Å². The molecule has 0 unspecified atom stereocenters. The fourth-order valence-electron chi connectivity index (χ4n) is 2.72. The van der Waals surface area contributed by atoms with E-state index in [0.717, 1.165) is 0 Å². The summed E-state index contributed by atoms with van der Waals surface area (Å²) in [5, 5.41) is 2.85. The number of hydrogen-bond donors (Lipinski definition) is 1. The second kappa shape index (κ2) is 8.41. The molecule has 3 rings (SSSR count). The number of ether oxygens (including phenoxy) is 2. The van der Waals surface area contributed by atoms with Crippen LogP contribution in [0, 0.1) is 0 Å². The van der Waals surface area contributed by atoms with Gasteiger partial charge >= 0.3 is 0 Å². The lowest BCUT2D eigenvalue weighted by atomic mass is 10.1. The van der Waals surface area contributed by atoms with Crippen molar-refractivity contribution in [2.24, 2.45) is 0 Å². The van der Waals surface area contributed by atoms with Crippen molar-refractivity contribution in [2.45, 2.75) is 6.92 Å². The summed E-state index contributed by atoms with van der Waals surface area (Å²) in [5.74, 6) is -0.0651. The molecular formula is C20H17ClN2O4S. The van der Waals surface area contributed by atoms with Gasteiger partial charge in [0.2, 0.25) is 0 Å². The van der Waals surface area contributed by atoms with E-state index in [0.29, 0.717) is 34.4 Å². The van der Waals surface area contributed by atoms with Gasteiger partial charge < -0.3 is 9.47 Å². The average Bonchev–Trinajstić information content (AvgIpc) is 2.67. The van der Waals surface area contributed by atoms with E-state index in [4.69, 9.17) is 33.3 Å². The van der Waals surface area contributed by atoms with Gasteiger partial charge in [0, 0.05) is 0 Å². The highest BCUT2D eigenvalue weighted by Crippen LogP contribution is 2.31. The topological polar surface area (TPSA) is 67.9 Å². The summed E-state index contributed by atoms with van der Waals surface area (Å²) in [5.41, 5.74) is 0.930. The molecule has 2 aromatic carbocycles. The van der Waals surface area contributed by atoms with E-state index in [1.165, 1.54) is 18.1 Å². The number of nitrogens with one attached hydrogen (secondary N) is 1. The molecule has 6 nitrogen and oxygen atoms in total. The fraction of sp³-hybridized carbons (Fsp3) is 0.150. The molecule has 1 heterocycles. The standard InChI is InChI=1S/C20H17ClN2O4S/c1-3-27-16-9-8-12(11-17(16)26-2)10-13-18(24)22-20(28)23(19(13)25)15-7-5-4-6-14(15)21/h4-11H,3H2,1-2H3,(H,22,24,28)/b13-10+. The van der Waals surface area contributed by atoms with Crippen LogP contribution in [0.15, 0.2) is 48.0 Å². The Labute approximate surface area is 172 Å². The van der Waals surface area contributed by atoms with Gasteiger partial charge in [0.1, 0.15) is 5.57 Å². The molecule has 1 aliphatic heterocycles. The predicted molar refractivity (Wildman–Crippen MR) is 112 cm³/mol. The normalized spacial score (nSPS) is 15.6. The Morgan fingerprint density at radius 2 is 1.93 bits per heavy atom. The zero-order valence-electron chi connectivity index (χ0n) is 15.2. The number of rotatable bonds is 5. The number of para-hydroxylation sites is 1. The van der Waals surface area contributed by atoms with Gasteiger partial charge in [0.05, 0.1) is 24.4 Å². The van der Waals surface area contributed by atoms with E-state index >= 15 is 0 Å². The number of anilines is 1. The van der Waals surface area contributed by atoms with Crippen LogP contribution >= 0.6 is 23.8 Å². The van der Waals surface area contributed by atoms with Crippen molar-refractivity contribution in [3.8, 4) is 11.5 Å². The number of halogens is 1. The van der Waals surface area contributed by atoms with Crippen LogP contribution in [-0.2, 0) is 9.59 Å². The van der Waals surface area contributed by atoms with E-state index in [1.54, 1.807) is 42.5 Å². The average molecular weight is 417 g/mol. The van der Waals surface area contributed by atoms with Crippen LogP contribution in [-0.4, -0.2) is 30.6 Å². The smallest absolute Gasteiger partial charge is 0.270 e. The molecule has 1 fully saturated rings. The first-order valence-electron chi connectivity index (χ1n) is 8.43. The van der Waals surface area contributed by atoms with Gasteiger partial charge in [0.25, 0.3) is 11.8 Å². The predicted octanol–water partition coefficient (Wildman–Crippen LogP) is 3.58. The Morgan fingerprint density at radius 1 is 1.18 bits per heavy atom. The first-order chi connectivity index (χ1) is 13.5. The lowest BCUT2D eigenvalue weighted by Gasteiger charge is -2.29. The summed E-state index contributed by atoms with van der Waals surface area (Å²) in [6.07, 6.45) is 1.47. The molecule has 0 bridgehead atoms. The molecule has 28 heavy (non-hydrogen) atoms. The van der Waals surface area contributed by atoms with Gasteiger partial charge in [-0.1, -0.05) is 29.8 Å². The maximum atomic E-state index is 13.0. The van der Waals surface area contributed by atoms with Crippen molar-refractivity contribution in [3.05, 3.63) is 58.6 Å². The molecule has 0 spiro atoms. The quantitative estimate of drug-likeness (QED) is 0.458. The fourth-order valence-corrected chi connectivity index (χ4v) is 3.22. The molecule has 0 radical (unpaired) electrons. The molecule has 2 aromatic rings. The zero-order valence-corrected chi connectivity index (χ0v) is 16.8. The van der Waals surface area contributed by atoms with Crippen molar-refractivity contribution in [3.63, 3.8) is 0 Å². The van der Waals surface area contributed by atoms with Crippen LogP contribution in [0.4, 0.5) is 5.69 Å². The number of hydrogen-bond acceptors (Lipinski definition) is 5. The second-order valence-corrected chi connectivity index (χ2v) is 6.55. The monoisotopic (exact) mass is 416 g/mol. The summed E-state index contributed by atoms with van der Waals surface area (Å²) < 4.78 is 10.8. The van der Waals surface area contributed by atoms with Crippen molar-refractivity contribution in [1.29, 1.82) is 0 Å². The lowest BCUT2D eigenvalue weighted by molar-refractivity contribution is -0.122. The molecule has 0 saturated carbocycles. The number of methoxy groups -OCH3 is 1. The summed E-state index contributed by atoms with van der Waals surface area (Å²) in [6, 6.07) is 11.9. The Bertz CT molecular complexity index is 990. The molecule has 1 N–H and O–H groups in total. The van der Waals surface area contributed by atoms with E-state index in [-0.39, 0.29) is 10.7 Å². The van der Waals surface area contributed by atoms with Crippen LogP contribution in [0.3, 0.4) is 0 Å². The number of carbonyl (C=O) groups excluding carboxylic acids is 2. The summed E-state index contributed by atoms with van der Waals surface area (Å²) in [7, 11) is 1.52. The minimum absolute atomic E-state index is 0.0236. The van der Waals surface area contributed by atoms with Gasteiger partial charge in [0.15, 0.2) is 16.6 Å². The third kappa shape index (κ3) is 3.85. The van der Waals surface area contributed by atoms with Gasteiger partial charge in [-0.05, 0) is 55.0 Å². The van der Waals surface area contributed by atoms with Gasteiger partial charge in [-0.25, -0.2) is 0 Å². The molecule has 0 aliphatic carbocycles. The summed E-state index contributed by atoms with van der Waals surface area (Å²) >= 11 is 11.4. The molecule has 1 aliphatic rings. The van der Waals surface area contributed by atoms with E-state index in [2.05, 4.69) is 5.32 Å². The number of benzene rings is 2. The van der Waals surface area contributed by atoms with Gasteiger partial charge in [-0.15, -0.1) is 0 Å². The van der Waals surface area contributed by atoms with Crippen LogP contribution in [0.5, 0.6) is 11.5 Å². The minimum Gasteiger partial charge on any atom is -0.493 e. The SMILES string of the molecule is CCOc1ccc(/C=C2\C(=O)NC(=S)N(c3ccccc3Cl)C2=O)cc1OC. The number of amides is 2. The highest BCUT2D eigenvalue weighted by atomic mass is 35.5. The van der Waals surface area contributed by atoms with Crippen LogP contribution < -0.4 is 19.7 Å². The number of carbonyl (C=O) groups is 2. The van der Waals surface area contributed by atoms with Gasteiger partial charge in [-0.3, -0.25) is 19.8 Å². The van der Waals surface area contributed by atoms with Crippen LogP contribution in [0.2, 0.25) is 5.02 Å². The van der Waals surface area contributed by atoms with E-state index < -0.39 is 11.8 Å². The third-order valence-corrected chi connectivity index (χ3v) is 4.60. The van der Waals surface area contributed by atoms with Crippen LogP contribution in [0.25, 0.3) is 6.08 Å². The summed E-state index contributed by atoms with van der Waals surface area (Å²) in [6.45, 7) is 2.36. The summed E-state index contributed by atoms with van der Waals surface area (Å²) in [4.78, 5) is 26.6. The Morgan fingerprint density at radius 3 is 2.61 bits per heavy atom. The first-order valence-corrected chi connectivity index (χ1v) is 9.21. The Kier molecular flexibility index (Phi) is 5.96. The van der Waals surface area contributed by atoms with E-state index in [1.807, 2.05) is 6.92 Å². The molecule has 2 amide bonds. The van der Waals surface area contributed by atoms with Crippen molar-refractivity contribution < 1.29 is 19.1 Å². The second-order valence-electron chi connectivity index (χ2n) is 5.75. The van der Waals surface area contributed by atoms with Gasteiger partial charge in [-0.2, -0.15) is 0 Å². The number of thiocarbonyl (C=S) groups is 1. The number of nitrogens with zero attached hydrogens (tertiary/aromatic N) is 1. The van der Waals surface area contributed by atoms with E-state index in [9.17, 15) is 9.59 Å². The maximum Gasteiger partial charge on any atom is 0.270 e. The molecular weight excluding hydrogens is 400 g/mol. The van der Waals surface area contributed by atoms with Crippen molar-refractivity contribution in [1.82, 2.24) is 5.32 Å². The molecule has 0 aromatic heterocycles. The maximum absolute atomic E-state index is 13.0. The largest absolute Gasteiger partial charge is 0.493 e. The van der Waals surface area contributed by atoms with Crippen molar-refractivity contribution >= 4 is 52.5 Å². The molecule has 0 atom stereocenters. The minimum atomic E-state index is -0.578. The molecule has 144 valence electrons. The molecule has 8 heteroatoms.